The summed E-state index contributed by atoms with van der Waals surface area (Å²) in [5, 5.41) is 8.56. The minimum atomic E-state index is 0.459. The lowest BCUT2D eigenvalue weighted by atomic mass is 10.1. The van der Waals surface area contributed by atoms with Crippen molar-refractivity contribution in [1.29, 1.82) is 0 Å². The van der Waals surface area contributed by atoms with E-state index in [1.54, 1.807) is 7.11 Å². The van der Waals surface area contributed by atoms with Crippen LogP contribution in [0.2, 0.25) is 0 Å². The van der Waals surface area contributed by atoms with Gasteiger partial charge in [0.2, 0.25) is 0 Å². The largest absolute Gasteiger partial charge is 0.497 e. The maximum absolute atomic E-state index is 5.40. The first-order valence-corrected chi connectivity index (χ1v) is 7.86. The Morgan fingerprint density at radius 1 is 1.22 bits per heavy atom. The van der Waals surface area contributed by atoms with Gasteiger partial charge in [0.1, 0.15) is 29.0 Å². The zero-order valence-corrected chi connectivity index (χ0v) is 13.0. The van der Waals surface area contributed by atoms with Crippen molar-refractivity contribution in [3.8, 4) is 17.0 Å². The molecule has 4 rings (SSSR count). The van der Waals surface area contributed by atoms with Crippen molar-refractivity contribution in [3.63, 3.8) is 0 Å². The van der Waals surface area contributed by atoms with Gasteiger partial charge in [-0.15, -0.1) is 0 Å². The monoisotopic (exact) mass is 310 g/mol. The third kappa shape index (κ3) is 2.60. The molecule has 0 saturated heterocycles. The van der Waals surface area contributed by atoms with E-state index in [1.807, 2.05) is 24.3 Å². The molecule has 0 aliphatic heterocycles. The zero-order chi connectivity index (χ0) is 15.6. The number of hydrogen-bond donors (Lipinski definition) is 1. The number of nitrogens with zero attached hydrogens (tertiary/aromatic N) is 3. The molecule has 1 aromatic carbocycles. The van der Waals surface area contributed by atoms with Gasteiger partial charge in [-0.3, -0.25) is 0 Å². The van der Waals surface area contributed by atoms with Gasteiger partial charge >= 0.3 is 0 Å². The smallest absolute Gasteiger partial charge is 0.263 e. The van der Waals surface area contributed by atoms with Gasteiger partial charge in [-0.1, -0.05) is 30.1 Å². The Bertz CT molecular complexity index is 824. The Balaban J connectivity index is 1.80. The molecule has 1 N–H and O–H groups in total. The van der Waals surface area contributed by atoms with E-state index in [0.29, 0.717) is 11.8 Å². The molecule has 23 heavy (non-hydrogen) atoms. The van der Waals surface area contributed by atoms with Gasteiger partial charge in [-0.2, -0.15) is 4.98 Å². The van der Waals surface area contributed by atoms with Crippen molar-refractivity contribution >= 4 is 16.9 Å². The molecule has 6 heteroatoms. The maximum atomic E-state index is 5.40. The number of ether oxygens (including phenoxy) is 1. The van der Waals surface area contributed by atoms with Crippen LogP contribution in [0.25, 0.3) is 22.4 Å². The Morgan fingerprint density at radius 3 is 2.91 bits per heavy atom. The number of anilines is 1. The van der Waals surface area contributed by atoms with E-state index in [2.05, 4.69) is 20.4 Å². The third-order valence-electron chi connectivity index (χ3n) is 4.31. The molecule has 3 aromatic rings. The topological polar surface area (TPSA) is 73.1 Å². The molecule has 1 saturated carbocycles. The SMILES string of the molecule is COc1cccc(-c2noc3ncnc(NC4CCCC4)c23)c1. The molecule has 1 aliphatic rings. The lowest BCUT2D eigenvalue weighted by molar-refractivity contribution is 0.415. The van der Waals surface area contributed by atoms with Crippen molar-refractivity contribution in [2.45, 2.75) is 31.7 Å². The first-order valence-electron chi connectivity index (χ1n) is 7.86. The maximum Gasteiger partial charge on any atom is 0.263 e. The Hall–Kier alpha value is -2.63. The molecule has 2 heterocycles. The summed E-state index contributed by atoms with van der Waals surface area (Å²) in [6, 6.07) is 8.21. The number of nitrogens with one attached hydrogen (secondary N) is 1. The summed E-state index contributed by atoms with van der Waals surface area (Å²) < 4.78 is 10.7. The van der Waals surface area contributed by atoms with E-state index in [4.69, 9.17) is 9.26 Å². The first kappa shape index (κ1) is 14.0. The van der Waals surface area contributed by atoms with Gasteiger partial charge in [0.25, 0.3) is 5.71 Å². The summed E-state index contributed by atoms with van der Waals surface area (Å²) in [6.07, 6.45) is 6.38. The zero-order valence-electron chi connectivity index (χ0n) is 13.0. The molecule has 1 aliphatic carbocycles. The van der Waals surface area contributed by atoms with E-state index in [0.717, 1.165) is 28.2 Å². The average molecular weight is 310 g/mol. The molecular formula is C17H18N4O2. The van der Waals surface area contributed by atoms with Gasteiger partial charge in [0, 0.05) is 11.6 Å². The second kappa shape index (κ2) is 5.87. The lowest BCUT2D eigenvalue weighted by Crippen LogP contribution is -2.15. The highest BCUT2D eigenvalue weighted by atomic mass is 16.5. The molecule has 0 spiro atoms. The van der Waals surface area contributed by atoms with E-state index in [1.165, 1.54) is 32.0 Å². The average Bonchev–Trinajstić information content (AvgIpc) is 3.25. The van der Waals surface area contributed by atoms with Gasteiger partial charge in [-0.05, 0) is 25.0 Å². The van der Waals surface area contributed by atoms with Crippen LogP contribution in [-0.2, 0) is 0 Å². The number of aromatic nitrogens is 3. The Kier molecular flexibility index (Phi) is 3.57. The van der Waals surface area contributed by atoms with Crippen LogP contribution in [-0.4, -0.2) is 28.3 Å². The normalized spacial score (nSPS) is 15.2. The Morgan fingerprint density at radius 2 is 2.09 bits per heavy atom. The third-order valence-corrected chi connectivity index (χ3v) is 4.31. The fourth-order valence-corrected chi connectivity index (χ4v) is 3.13. The quantitative estimate of drug-likeness (QED) is 0.793. The number of benzene rings is 1. The molecule has 0 radical (unpaired) electrons. The minimum Gasteiger partial charge on any atom is -0.497 e. The van der Waals surface area contributed by atoms with Crippen LogP contribution in [0.1, 0.15) is 25.7 Å². The minimum absolute atomic E-state index is 0.459. The van der Waals surface area contributed by atoms with E-state index >= 15 is 0 Å². The van der Waals surface area contributed by atoms with Crippen molar-refractivity contribution in [2.24, 2.45) is 0 Å². The van der Waals surface area contributed by atoms with Crippen LogP contribution in [0.3, 0.4) is 0 Å². The van der Waals surface area contributed by atoms with Crippen LogP contribution >= 0.6 is 0 Å². The molecule has 118 valence electrons. The van der Waals surface area contributed by atoms with Crippen LogP contribution in [0.15, 0.2) is 35.1 Å². The van der Waals surface area contributed by atoms with Gasteiger partial charge in [0.05, 0.1) is 7.11 Å². The van der Waals surface area contributed by atoms with E-state index in [-0.39, 0.29) is 0 Å². The number of methoxy groups -OCH3 is 1. The summed E-state index contributed by atoms with van der Waals surface area (Å²) in [7, 11) is 1.65. The number of rotatable bonds is 4. The highest BCUT2D eigenvalue weighted by Gasteiger charge is 2.21. The first-order chi connectivity index (χ1) is 11.3. The number of fused-ring (bicyclic) bond motifs is 1. The highest BCUT2D eigenvalue weighted by Crippen LogP contribution is 2.34. The summed E-state index contributed by atoms with van der Waals surface area (Å²) in [5.41, 5.74) is 2.16. The van der Waals surface area contributed by atoms with Crippen molar-refractivity contribution in [2.75, 3.05) is 12.4 Å². The van der Waals surface area contributed by atoms with Crippen molar-refractivity contribution in [1.82, 2.24) is 15.1 Å². The summed E-state index contributed by atoms with van der Waals surface area (Å²) in [4.78, 5) is 8.61. The summed E-state index contributed by atoms with van der Waals surface area (Å²) in [6.45, 7) is 0. The van der Waals surface area contributed by atoms with Crippen LogP contribution in [0.5, 0.6) is 5.75 Å². The van der Waals surface area contributed by atoms with Gasteiger partial charge in [0.15, 0.2) is 0 Å². The van der Waals surface area contributed by atoms with Crippen LogP contribution in [0, 0.1) is 0 Å². The van der Waals surface area contributed by atoms with Crippen LogP contribution in [0.4, 0.5) is 5.82 Å². The fraction of sp³-hybridized carbons (Fsp3) is 0.353. The molecular weight excluding hydrogens is 292 g/mol. The summed E-state index contributed by atoms with van der Waals surface area (Å²) >= 11 is 0. The molecule has 0 unspecified atom stereocenters. The van der Waals surface area contributed by atoms with Gasteiger partial charge in [-0.25, -0.2) is 4.98 Å². The highest BCUT2D eigenvalue weighted by molar-refractivity contribution is 5.97. The van der Waals surface area contributed by atoms with Gasteiger partial charge < -0.3 is 14.6 Å². The summed E-state index contributed by atoms with van der Waals surface area (Å²) in [5.74, 6) is 1.57. The fourth-order valence-electron chi connectivity index (χ4n) is 3.13. The predicted molar refractivity (Wildman–Crippen MR) is 87.5 cm³/mol. The van der Waals surface area contributed by atoms with Crippen molar-refractivity contribution < 1.29 is 9.26 Å². The Labute approximate surface area is 133 Å². The van der Waals surface area contributed by atoms with Crippen molar-refractivity contribution in [3.05, 3.63) is 30.6 Å². The standard InChI is InChI=1S/C17H18N4O2/c1-22-13-8-4-5-11(9-13)15-14-16(20-12-6-2-3-7-12)18-10-19-17(14)23-21-15/h4-5,8-10,12H,2-3,6-7H2,1H3,(H,18,19,20). The molecule has 0 bridgehead atoms. The molecule has 1 fully saturated rings. The molecule has 6 nitrogen and oxygen atoms in total. The molecule has 0 amide bonds. The van der Waals surface area contributed by atoms with E-state index < -0.39 is 0 Å². The van der Waals surface area contributed by atoms with Crippen LogP contribution < -0.4 is 10.1 Å². The second-order valence-corrected chi connectivity index (χ2v) is 5.79. The molecule has 2 aromatic heterocycles. The predicted octanol–water partition coefficient (Wildman–Crippen LogP) is 3.65. The molecule has 0 atom stereocenters. The lowest BCUT2D eigenvalue weighted by Gasteiger charge is -2.13. The second-order valence-electron chi connectivity index (χ2n) is 5.79. The van der Waals surface area contributed by atoms with E-state index in [9.17, 15) is 0 Å². The number of hydrogen-bond acceptors (Lipinski definition) is 6.